The van der Waals surface area contributed by atoms with Crippen LogP contribution < -0.4 is 0 Å². The van der Waals surface area contributed by atoms with Crippen LogP contribution in [0.5, 0.6) is 0 Å². The molecule has 1 amide bonds. The highest BCUT2D eigenvalue weighted by Gasteiger charge is 2.34. The quantitative estimate of drug-likeness (QED) is 0.440. The fourth-order valence-corrected chi connectivity index (χ4v) is 5.28. The Bertz CT molecular complexity index is 1200. The van der Waals surface area contributed by atoms with E-state index in [0.29, 0.717) is 18.1 Å². The Hall–Kier alpha value is -3.05. The van der Waals surface area contributed by atoms with Crippen molar-refractivity contribution in [3.05, 3.63) is 107 Å². The van der Waals surface area contributed by atoms with Crippen LogP contribution in [0.15, 0.2) is 78.9 Å². The molecule has 0 aliphatic carbocycles. The number of halogens is 1. The van der Waals surface area contributed by atoms with Crippen molar-refractivity contribution < 1.29 is 9.18 Å². The largest absolute Gasteiger partial charge is 0.356 e. The van der Waals surface area contributed by atoms with E-state index in [2.05, 4.69) is 35.3 Å². The molecule has 156 valence electrons. The summed E-state index contributed by atoms with van der Waals surface area (Å²) in [6.07, 6.45) is 0.844. The lowest BCUT2D eigenvalue weighted by atomic mass is 9.92. The summed E-state index contributed by atoms with van der Waals surface area (Å²) in [4.78, 5) is 18.9. The molecular formula is C26H23FN2OS. The normalized spacial score (nSPS) is 15.8. The number of H-pyrrole nitrogens is 1. The van der Waals surface area contributed by atoms with Crippen LogP contribution in [0.4, 0.5) is 4.39 Å². The number of hydrogen-bond donors (Lipinski definition) is 1. The van der Waals surface area contributed by atoms with Gasteiger partial charge in [0.2, 0.25) is 5.91 Å². The van der Waals surface area contributed by atoms with Crippen LogP contribution in [0, 0.1) is 5.82 Å². The number of aromatic nitrogens is 1. The summed E-state index contributed by atoms with van der Waals surface area (Å²) < 4.78 is 13.1. The number of aromatic amines is 1. The van der Waals surface area contributed by atoms with Crippen LogP contribution in [0.2, 0.25) is 0 Å². The summed E-state index contributed by atoms with van der Waals surface area (Å²) in [6, 6.07) is 25.0. The van der Waals surface area contributed by atoms with E-state index < -0.39 is 0 Å². The van der Waals surface area contributed by atoms with Crippen molar-refractivity contribution in [2.45, 2.75) is 18.2 Å². The summed E-state index contributed by atoms with van der Waals surface area (Å²) in [5, 5.41) is 1.25. The molecule has 1 aliphatic rings. The van der Waals surface area contributed by atoms with E-state index >= 15 is 0 Å². The molecule has 0 bridgehead atoms. The number of benzene rings is 3. The van der Waals surface area contributed by atoms with Gasteiger partial charge in [-0.2, -0.15) is 0 Å². The maximum absolute atomic E-state index is 13.3. The number of thioether (sulfide) groups is 1. The molecule has 1 aromatic heterocycles. The molecule has 0 spiro atoms. The fourth-order valence-electron chi connectivity index (χ4n) is 4.41. The van der Waals surface area contributed by atoms with Crippen molar-refractivity contribution in [1.29, 1.82) is 0 Å². The number of rotatable bonds is 5. The highest BCUT2D eigenvalue weighted by Crippen LogP contribution is 2.38. The topological polar surface area (TPSA) is 36.1 Å². The molecule has 1 aliphatic heterocycles. The van der Waals surface area contributed by atoms with Gasteiger partial charge in [0.25, 0.3) is 0 Å². The zero-order valence-electron chi connectivity index (χ0n) is 17.1. The zero-order chi connectivity index (χ0) is 21.2. The summed E-state index contributed by atoms with van der Waals surface area (Å²) in [5.74, 6) is 0.979. The Morgan fingerprint density at radius 1 is 1.00 bits per heavy atom. The van der Waals surface area contributed by atoms with Gasteiger partial charge in [-0.15, -0.1) is 11.8 Å². The van der Waals surface area contributed by atoms with Crippen molar-refractivity contribution in [2.24, 2.45) is 0 Å². The maximum atomic E-state index is 13.3. The number of fused-ring (bicyclic) bond motifs is 3. The van der Waals surface area contributed by atoms with Crippen LogP contribution in [-0.4, -0.2) is 28.1 Å². The van der Waals surface area contributed by atoms with E-state index in [1.165, 1.54) is 23.1 Å². The van der Waals surface area contributed by atoms with Crippen molar-refractivity contribution >= 4 is 28.6 Å². The minimum atomic E-state index is -0.238. The number of carbonyl (C=O) groups is 1. The smallest absolute Gasteiger partial charge is 0.233 e. The molecule has 31 heavy (non-hydrogen) atoms. The molecule has 0 saturated heterocycles. The van der Waals surface area contributed by atoms with Crippen LogP contribution in [0.1, 0.15) is 28.4 Å². The van der Waals surface area contributed by atoms with Gasteiger partial charge in [-0.3, -0.25) is 4.79 Å². The van der Waals surface area contributed by atoms with E-state index in [0.717, 1.165) is 28.8 Å². The molecule has 5 heteroatoms. The third-order valence-corrected chi connectivity index (χ3v) is 6.87. The van der Waals surface area contributed by atoms with Gasteiger partial charge >= 0.3 is 0 Å². The van der Waals surface area contributed by atoms with Crippen LogP contribution >= 0.6 is 11.8 Å². The van der Waals surface area contributed by atoms with Gasteiger partial charge in [-0.25, -0.2) is 4.39 Å². The molecular weight excluding hydrogens is 407 g/mol. The first-order valence-electron chi connectivity index (χ1n) is 10.5. The second-order valence-electron chi connectivity index (χ2n) is 7.83. The molecule has 0 saturated carbocycles. The van der Waals surface area contributed by atoms with E-state index in [1.807, 2.05) is 29.2 Å². The zero-order valence-corrected chi connectivity index (χ0v) is 17.9. The van der Waals surface area contributed by atoms with Crippen molar-refractivity contribution in [1.82, 2.24) is 9.88 Å². The summed E-state index contributed by atoms with van der Waals surface area (Å²) >= 11 is 1.57. The minimum Gasteiger partial charge on any atom is -0.356 e. The molecule has 1 atom stereocenters. The molecule has 3 nitrogen and oxygen atoms in total. The van der Waals surface area contributed by atoms with Gasteiger partial charge in [0.1, 0.15) is 5.82 Å². The molecule has 2 heterocycles. The average Bonchev–Trinajstić information content (AvgIpc) is 3.19. The van der Waals surface area contributed by atoms with Crippen LogP contribution in [0.25, 0.3) is 10.9 Å². The third-order valence-electron chi connectivity index (χ3n) is 5.88. The van der Waals surface area contributed by atoms with Crippen molar-refractivity contribution in [3.63, 3.8) is 0 Å². The number of amides is 1. The predicted octanol–water partition coefficient (Wildman–Crippen LogP) is 5.71. The Balaban J connectivity index is 1.40. The lowest BCUT2D eigenvalue weighted by Gasteiger charge is -2.36. The minimum absolute atomic E-state index is 0.115. The van der Waals surface area contributed by atoms with Gasteiger partial charge in [-0.05, 0) is 41.3 Å². The lowest BCUT2D eigenvalue weighted by molar-refractivity contribution is -0.130. The Kier molecular flexibility index (Phi) is 5.51. The van der Waals surface area contributed by atoms with Gasteiger partial charge in [-0.1, -0.05) is 60.7 Å². The second-order valence-corrected chi connectivity index (χ2v) is 8.82. The molecule has 4 aromatic rings. The van der Waals surface area contributed by atoms with Gasteiger partial charge in [0.15, 0.2) is 0 Å². The highest BCUT2D eigenvalue weighted by molar-refractivity contribution is 7.99. The first-order valence-corrected chi connectivity index (χ1v) is 11.6. The number of para-hydroxylation sites is 1. The standard InChI is InChI=1S/C26H23FN2OS/c27-20-12-10-18(11-13-20)16-31-17-24(30)29-15-14-22-21-8-4-5-9-23(21)28-25(22)26(29)19-6-2-1-3-7-19/h1-13,26,28H,14-17H2/t26-/m0/s1. The second kappa shape index (κ2) is 8.60. The maximum Gasteiger partial charge on any atom is 0.233 e. The fraction of sp³-hybridized carbons (Fsp3) is 0.192. The molecule has 0 fully saturated rings. The summed E-state index contributed by atoms with van der Waals surface area (Å²) in [7, 11) is 0. The Morgan fingerprint density at radius 2 is 1.74 bits per heavy atom. The molecule has 1 N–H and O–H groups in total. The number of carbonyl (C=O) groups excluding carboxylic acids is 1. The third kappa shape index (κ3) is 3.98. The molecule has 0 unspecified atom stereocenters. The Labute approximate surface area is 185 Å². The van der Waals surface area contributed by atoms with Crippen molar-refractivity contribution in [2.75, 3.05) is 12.3 Å². The van der Waals surface area contributed by atoms with Gasteiger partial charge < -0.3 is 9.88 Å². The van der Waals surface area contributed by atoms with E-state index in [-0.39, 0.29) is 17.8 Å². The highest BCUT2D eigenvalue weighted by atomic mass is 32.2. The van der Waals surface area contributed by atoms with E-state index in [9.17, 15) is 9.18 Å². The molecule has 0 radical (unpaired) electrons. The van der Waals surface area contributed by atoms with Crippen molar-refractivity contribution in [3.8, 4) is 0 Å². The summed E-state index contributed by atoms with van der Waals surface area (Å²) in [5.41, 5.74) is 5.69. The Morgan fingerprint density at radius 3 is 2.55 bits per heavy atom. The van der Waals surface area contributed by atoms with Gasteiger partial charge in [0, 0.05) is 28.9 Å². The molecule has 5 rings (SSSR count). The predicted molar refractivity (Wildman–Crippen MR) is 125 cm³/mol. The number of nitrogens with zero attached hydrogens (tertiary/aromatic N) is 1. The first kappa shape index (κ1) is 19.9. The monoisotopic (exact) mass is 430 g/mol. The number of hydrogen-bond acceptors (Lipinski definition) is 2. The summed E-state index contributed by atoms with van der Waals surface area (Å²) in [6.45, 7) is 0.699. The van der Waals surface area contributed by atoms with Crippen LogP contribution in [0.3, 0.4) is 0 Å². The lowest BCUT2D eigenvalue weighted by Crippen LogP contribution is -2.41. The molecule has 3 aromatic carbocycles. The van der Waals surface area contributed by atoms with Gasteiger partial charge in [0.05, 0.1) is 11.8 Å². The SMILES string of the molecule is O=C(CSCc1ccc(F)cc1)N1CCc2c([nH]c3ccccc23)[C@@H]1c1ccccc1. The van der Waals surface area contributed by atoms with E-state index in [4.69, 9.17) is 0 Å². The number of nitrogens with one attached hydrogen (secondary N) is 1. The van der Waals surface area contributed by atoms with E-state index in [1.54, 1.807) is 23.9 Å². The first-order chi connectivity index (χ1) is 15.2. The average molecular weight is 431 g/mol. The van der Waals surface area contributed by atoms with Crippen LogP contribution in [-0.2, 0) is 17.0 Å².